The highest BCUT2D eigenvalue weighted by atomic mass is 31.0. The van der Waals surface area contributed by atoms with E-state index in [1.54, 1.807) is 6.07 Å². The molecule has 0 aromatic carbocycles. The number of amides is 1. The van der Waals surface area contributed by atoms with Gasteiger partial charge in [0.1, 0.15) is 5.82 Å². The molecule has 1 aromatic rings. The van der Waals surface area contributed by atoms with Crippen LogP contribution in [0.5, 0.6) is 6.01 Å². The third-order valence-corrected chi connectivity index (χ3v) is 1.16. The summed E-state index contributed by atoms with van der Waals surface area (Å²) in [5.41, 5.74) is 0. The fraction of sp³-hybridized carbons (Fsp3) is 0. The zero-order valence-corrected chi connectivity index (χ0v) is 6.68. The van der Waals surface area contributed by atoms with Crippen molar-refractivity contribution in [1.82, 2.24) is 9.97 Å². The first-order valence-electron chi connectivity index (χ1n) is 2.77. The number of aromatic nitrogens is 2. The second-order valence-corrected chi connectivity index (χ2v) is 1.84. The zero-order valence-electron chi connectivity index (χ0n) is 5.52. The lowest BCUT2D eigenvalue weighted by Crippen LogP contribution is -1.97. The van der Waals surface area contributed by atoms with Crippen molar-refractivity contribution < 1.29 is 9.32 Å². The van der Waals surface area contributed by atoms with E-state index in [0.29, 0.717) is 12.2 Å². The number of nitrogens with zero attached hydrogens (tertiary/aromatic N) is 2. The Morgan fingerprint density at radius 1 is 1.73 bits per heavy atom. The molecule has 1 N–H and O–H groups in total. The molecule has 1 heterocycles. The van der Waals surface area contributed by atoms with Crippen molar-refractivity contribution in [3.63, 3.8) is 0 Å². The van der Waals surface area contributed by atoms with Crippen LogP contribution in [0.2, 0.25) is 0 Å². The average molecular weight is 171 g/mol. The number of nitrogens with one attached hydrogen (secondary N) is 1. The van der Waals surface area contributed by atoms with Gasteiger partial charge in [-0.15, -0.1) is 0 Å². The van der Waals surface area contributed by atoms with Gasteiger partial charge in [-0.25, -0.2) is 4.98 Å². The zero-order chi connectivity index (χ0) is 8.10. The van der Waals surface area contributed by atoms with Crippen LogP contribution < -0.4 is 9.84 Å². The van der Waals surface area contributed by atoms with Gasteiger partial charge in [0.05, 0.1) is 9.47 Å². The summed E-state index contributed by atoms with van der Waals surface area (Å²) in [6.07, 6.45) is 2.02. The monoisotopic (exact) mass is 171 g/mol. The Morgan fingerprint density at radius 3 is 3.18 bits per heavy atom. The summed E-state index contributed by atoms with van der Waals surface area (Å²) in [5.74, 6) is 0.410. The molecule has 0 aliphatic carbocycles. The van der Waals surface area contributed by atoms with E-state index in [1.807, 2.05) is 9.47 Å². The van der Waals surface area contributed by atoms with Gasteiger partial charge in [0.15, 0.2) is 0 Å². The molecule has 11 heavy (non-hydrogen) atoms. The summed E-state index contributed by atoms with van der Waals surface area (Å²) in [7, 11) is 2.01. The van der Waals surface area contributed by atoms with Crippen LogP contribution in [-0.4, -0.2) is 16.4 Å². The molecule has 0 aliphatic rings. The van der Waals surface area contributed by atoms with Gasteiger partial charge in [-0.1, -0.05) is 0 Å². The molecular weight excluding hydrogens is 165 g/mol. The van der Waals surface area contributed by atoms with Crippen LogP contribution in [0.15, 0.2) is 12.3 Å². The number of anilines is 1. The second-order valence-electron chi connectivity index (χ2n) is 1.60. The normalized spacial score (nSPS) is 8.82. The molecule has 1 rings (SSSR count). The van der Waals surface area contributed by atoms with Crippen LogP contribution in [0, 0.1) is 0 Å². The topological polar surface area (TPSA) is 64.1 Å². The van der Waals surface area contributed by atoms with Crippen LogP contribution in [0.3, 0.4) is 0 Å². The maximum absolute atomic E-state index is 9.96. The number of carbonyl (C=O) groups is 1. The lowest BCUT2D eigenvalue weighted by Gasteiger charge is -1.98. The minimum Gasteiger partial charge on any atom is -0.449 e. The highest BCUT2D eigenvalue weighted by Gasteiger charge is 1.95. The molecule has 0 spiro atoms. The Morgan fingerprint density at radius 2 is 2.55 bits per heavy atom. The molecule has 1 atom stereocenters. The van der Waals surface area contributed by atoms with Crippen molar-refractivity contribution in [3.05, 3.63) is 12.3 Å². The molecule has 1 amide bonds. The van der Waals surface area contributed by atoms with Gasteiger partial charge in [-0.2, -0.15) is 4.98 Å². The van der Waals surface area contributed by atoms with Crippen molar-refractivity contribution in [3.8, 4) is 6.01 Å². The first-order valence-corrected chi connectivity index (χ1v) is 3.24. The van der Waals surface area contributed by atoms with Crippen LogP contribution in [0.25, 0.3) is 0 Å². The van der Waals surface area contributed by atoms with Gasteiger partial charge in [0.25, 0.3) is 0 Å². The largest absolute Gasteiger partial charge is 0.449 e. The quantitative estimate of drug-likeness (QED) is 0.521. The van der Waals surface area contributed by atoms with Crippen LogP contribution in [0.1, 0.15) is 0 Å². The number of hydrogen-bond acceptors (Lipinski definition) is 4. The molecular formula is C5H6N3O2P. The summed E-state index contributed by atoms with van der Waals surface area (Å²) < 4.78 is 4.64. The van der Waals surface area contributed by atoms with Crippen LogP contribution >= 0.6 is 9.47 Å². The number of rotatable bonds is 3. The van der Waals surface area contributed by atoms with Gasteiger partial charge < -0.3 is 9.84 Å². The van der Waals surface area contributed by atoms with E-state index in [9.17, 15) is 4.79 Å². The summed E-state index contributed by atoms with van der Waals surface area (Å²) in [5, 5.41) is 2.36. The molecule has 1 unspecified atom stereocenters. The van der Waals surface area contributed by atoms with Gasteiger partial charge in [0.2, 0.25) is 6.41 Å². The summed E-state index contributed by atoms with van der Waals surface area (Å²) >= 11 is 0. The van der Waals surface area contributed by atoms with Crippen molar-refractivity contribution in [2.45, 2.75) is 0 Å². The lowest BCUT2D eigenvalue weighted by molar-refractivity contribution is -0.105. The van der Waals surface area contributed by atoms with Crippen molar-refractivity contribution in [1.29, 1.82) is 0 Å². The maximum Gasteiger partial charge on any atom is 0.320 e. The Balaban J connectivity index is 2.82. The first kappa shape index (κ1) is 7.88. The third-order valence-electron chi connectivity index (χ3n) is 0.946. The predicted octanol–water partition coefficient (Wildman–Crippen LogP) is 0.214. The van der Waals surface area contributed by atoms with Gasteiger partial charge in [-0.3, -0.25) is 4.79 Å². The fourth-order valence-corrected chi connectivity index (χ4v) is 0.652. The van der Waals surface area contributed by atoms with Gasteiger partial charge >= 0.3 is 6.01 Å². The smallest absolute Gasteiger partial charge is 0.320 e. The predicted molar refractivity (Wildman–Crippen MR) is 42.1 cm³/mol. The van der Waals surface area contributed by atoms with Crippen LogP contribution in [0.4, 0.5) is 5.82 Å². The minimum atomic E-state index is 0.196. The Hall–Kier alpha value is -1.22. The van der Waals surface area contributed by atoms with E-state index in [-0.39, 0.29) is 6.01 Å². The van der Waals surface area contributed by atoms with E-state index in [2.05, 4.69) is 19.8 Å². The first-order chi connectivity index (χ1) is 5.36. The van der Waals surface area contributed by atoms with E-state index < -0.39 is 0 Å². The SMILES string of the molecule is O=CNc1ccnc(OP)n1. The second kappa shape index (κ2) is 3.83. The van der Waals surface area contributed by atoms with Gasteiger partial charge in [0, 0.05) is 6.20 Å². The Labute approximate surface area is 65.5 Å². The minimum absolute atomic E-state index is 0.196. The Bertz CT molecular complexity index is 255. The van der Waals surface area contributed by atoms with E-state index in [4.69, 9.17) is 0 Å². The number of carbonyl (C=O) groups excluding carboxylic acids is 1. The molecule has 58 valence electrons. The van der Waals surface area contributed by atoms with Crippen molar-refractivity contribution in [2.75, 3.05) is 5.32 Å². The molecule has 0 aliphatic heterocycles. The summed E-state index contributed by atoms with van der Waals surface area (Å²) in [6.45, 7) is 0. The standard InChI is InChI=1S/C5H6N3O2P/c9-3-7-4-1-2-6-5(8-4)10-11/h1-3H,11H2,(H,6,7,8,9). The van der Waals surface area contributed by atoms with Crippen molar-refractivity contribution in [2.24, 2.45) is 0 Å². The summed E-state index contributed by atoms with van der Waals surface area (Å²) in [6, 6.07) is 1.75. The molecule has 0 saturated heterocycles. The maximum atomic E-state index is 9.96. The lowest BCUT2D eigenvalue weighted by atomic mass is 10.6. The van der Waals surface area contributed by atoms with Crippen LogP contribution in [-0.2, 0) is 4.79 Å². The fourth-order valence-electron chi connectivity index (χ4n) is 0.538. The molecule has 0 saturated carbocycles. The number of hydrogen-bond donors (Lipinski definition) is 1. The van der Waals surface area contributed by atoms with Crippen molar-refractivity contribution >= 4 is 21.7 Å². The Kier molecular flexibility index (Phi) is 2.74. The highest BCUT2D eigenvalue weighted by molar-refractivity contribution is 7.10. The molecule has 5 nitrogen and oxygen atoms in total. The summed E-state index contributed by atoms with van der Waals surface area (Å²) in [4.78, 5) is 17.5. The molecule has 0 radical (unpaired) electrons. The molecule has 0 fully saturated rings. The molecule has 1 aromatic heterocycles. The average Bonchev–Trinajstić information content (AvgIpc) is 2.06. The molecule has 0 bridgehead atoms. The third kappa shape index (κ3) is 2.13. The molecule has 6 heteroatoms. The van der Waals surface area contributed by atoms with Gasteiger partial charge in [-0.05, 0) is 6.07 Å². The van der Waals surface area contributed by atoms with E-state index >= 15 is 0 Å². The highest BCUT2D eigenvalue weighted by Crippen LogP contribution is 2.07. The van der Waals surface area contributed by atoms with E-state index in [1.165, 1.54) is 6.20 Å². The van der Waals surface area contributed by atoms with E-state index in [0.717, 1.165) is 0 Å².